The maximum Gasteiger partial charge on any atom is 0.244 e. The second-order valence-electron chi connectivity index (χ2n) is 7.97. The van der Waals surface area contributed by atoms with Gasteiger partial charge in [-0.1, -0.05) is 23.5 Å². The Labute approximate surface area is 202 Å². The maximum atomic E-state index is 13.1. The topological polar surface area (TPSA) is 123 Å². The van der Waals surface area contributed by atoms with E-state index in [1.54, 1.807) is 0 Å². The zero-order valence-corrected chi connectivity index (χ0v) is 21.2. The number of thiazole rings is 1. The Morgan fingerprint density at radius 2 is 1.79 bits per heavy atom. The van der Waals surface area contributed by atoms with E-state index in [1.165, 1.54) is 39.9 Å². The SMILES string of the molecule is CCOc1ccc2nc(NC(=O)C3CCN(S(=O)(=O)c4ccccc4S(C)(=O)=O)CC3)sc2c1. The Bertz CT molecular complexity index is 1430. The smallest absolute Gasteiger partial charge is 0.244 e. The third kappa shape index (κ3) is 5.09. The Morgan fingerprint density at radius 1 is 1.12 bits per heavy atom. The van der Waals surface area contributed by atoms with Crippen molar-refractivity contribution in [1.29, 1.82) is 0 Å². The molecule has 0 bridgehead atoms. The van der Waals surface area contributed by atoms with Gasteiger partial charge in [0.1, 0.15) is 10.6 Å². The molecule has 34 heavy (non-hydrogen) atoms. The lowest BCUT2D eigenvalue weighted by atomic mass is 9.97. The molecule has 0 saturated carbocycles. The van der Waals surface area contributed by atoms with E-state index in [-0.39, 0.29) is 34.7 Å². The van der Waals surface area contributed by atoms with Gasteiger partial charge in [-0.2, -0.15) is 4.31 Å². The second-order valence-corrected chi connectivity index (χ2v) is 12.9. The first-order valence-corrected chi connectivity index (χ1v) is 14.9. The average Bonchev–Trinajstić information content (AvgIpc) is 3.20. The van der Waals surface area contributed by atoms with Crippen molar-refractivity contribution in [3.05, 3.63) is 42.5 Å². The summed E-state index contributed by atoms with van der Waals surface area (Å²) in [5.41, 5.74) is 0.759. The number of hydrogen-bond acceptors (Lipinski definition) is 8. The van der Waals surface area contributed by atoms with E-state index in [0.29, 0.717) is 24.6 Å². The number of hydrogen-bond donors (Lipinski definition) is 1. The van der Waals surface area contributed by atoms with Crippen LogP contribution in [0.25, 0.3) is 10.2 Å². The van der Waals surface area contributed by atoms with Crippen molar-refractivity contribution >= 4 is 52.5 Å². The van der Waals surface area contributed by atoms with Crippen molar-refractivity contribution in [2.75, 3.05) is 31.3 Å². The minimum Gasteiger partial charge on any atom is -0.494 e. The number of carbonyl (C=O) groups excluding carboxylic acids is 1. The largest absolute Gasteiger partial charge is 0.494 e. The number of fused-ring (bicyclic) bond motifs is 1. The normalized spacial score (nSPS) is 15.9. The highest BCUT2D eigenvalue weighted by atomic mass is 32.2. The summed E-state index contributed by atoms with van der Waals surface area (Å²) >= 11 is 1.35. The molecule has 1 aliphatic rings. The number of aromatic nitrogens is 1. The number of anilines is 1. The highest BCUT2D eigenvalue weighted by molar-refractivity contribution is 7.93. The molecule has 0 spiro atoms. The zero-order chi connectivity index (χ0) is 24.5. The van der Waals surface area contributed by atoms with Crippen molar-refractivity contribution < 1.29 is 26.4 Å². The second kappa shape index (κ2) is 9.61. The summed E-state index contributed by atoms with van der Waals surface area (Å²) in [6, 6.07) is 11.1. The fourth-order valence-electron chi connectivity index (χ4n) is 3.89. The monoisotopic (exact) mass is 523 g/mol. The van der Waals surface area contributed by atoms with Gasteiger partial charge in [-0.15, -0.1) is 0 Å². The number of rotatable bonds is 7. The molecule has 0 atom stereocenters. The molecule has 9 nitrogen and oxygen atoms in total. The zero-order valence-electron chi connectivity index (χ0n) is 18.7. The Hall–Kier alpha value is -2.54. The predicted octanol–water partition coefficient (Wildman–Crippen LogP) is 3.14. The van der Waals surface area contributed by atoms with Crippen molar-refractivity contribution in [3.63, 3.8) is 0 Å². The van der Waals surface area contributed by atoms with Gasteiger partial charge in [0.15, 0.2) is 15.0 Å². The first kappa shape index (κ1) is 24.6. The van der Waals surface area contributed by atoms with E-state index >= 15 is 0 Å². The number of sulfone groups is 1. The Balaban J connectivity index is 1.43. The van der Waals surface area contributed by atoms with E-state index in [0.717, 1.165) is 22.2 Å². The lowest BCUT2D eigenvalue weighted by Crippen LogP contribution is -2.41. The number of piperidine rings is 1. The fourth-order valence-corrected chi connectivity index (χ4v) is 7.86. The molecule has 3 aromatic rings. The molecule has 0 radical (unpaired) electrons. The number of benzene rings is 2. The molecule has 1 N–H and O–H groups in total. The van der Waals surface area contributed by atoms with Crippen LogP contribution in [0.2, 0.25) is 0 Å². The molecule has 2 heterocycles. The minimum atomic E-state index is -4.01. The molecule has 4 rings (SSSR count). The molecule has 1 aromatic heterocycles. The van der Waals surface area contributed by atoms with Gasteiger partial charge in [0.05, 0.1) is 21.7 Å². The van der Waals surface area contributed by atoms with Crippen LogP contribution < -0.4 is 10.1 Å². The quantitative estimate of drug-likeness (QED) is 0.505. The Morgan fingerprint density at radius 3 is 2.44 bits per heavy atom. The fraction of sp³-hybridized carbons (Fsp3) is 0.364. The number of amides is 1. The van der Waals surface area contributed by atoms with Crippen molar-refractivity contribution in [2.24, 2.45) is 5.92 Å². The van der Waals surface area contributed by atoms with Crippen LogP contribution >= 0.6 is 11.3 Å². The number of nitrogens with one attached hydrogen (secondary N) is 1. The van der Waals surface area contributed by atoms with Crippen molar-refractivity contribution in [3.8, 4) is 5.75 Å². The molecular formula is C22H25N3O6S3. The van der Waals surface area contributed by atoms with Gasteiger partial charge in [0.2, 0.25) is 15.9 Å². The number of sulfonamides is 1. The molecule has 1 aliphatic heterocycles. The summed E-state index contributed by atoms with van der Waals surface area (Å²) in [5.74, 6) is 0.155. The molecule has 1 saturated heterocycles. The molecule has 1 amide bonds. The molecule has 0 aliphatic carbocycles. The van der Waals surface area contributed by atoms with Gasteiger partial charge in [0, 0.05) is 25.3 Å². The molecule has 12 heteroatoms. The standard InChI is InChI=1S/C22H25N3O6S3/c1-3-31-16-8-9-17-18(14-16)32-22(23-17)24-21(26)15-10-12-25(13-11-15)34(29,30)20-7-5-4-6-19(20)33(2,27)28/h4-9,14-15H,3,10-13H2,1-2H3,(H,23,24,26). The summed E-state index contributed by atoms with van der Waals surface area (Å²) in [4.78, 5) is 16.8. The van der Waals surface area contributed by atoms with Crippen LogP contribution in [0.1, 0.15) is 19.8 Å². The van der Waals surface area contributed by atoms with Gasteiger partial charge >= 0.3 is 0 Å². The van der Waals surface area contributed by atoms with Crippen LogP contribution in [0, 0.1) is 5.92 Å². The molecular weight excluding hydrogens is 498 g/mol. The summed E-state index contributed by atoms with van der Waals surface area (Å²) in [5, 5.41) is 3.32. The lowest BCUT2D eigenvalue weighted by molar-refractivity contribution is -0.120. The maximum absolute atomic E-state index is 13.1. The number of nitrogens with zero attached hydrogens (tertiary/aromatic N) is 2. The highest BCUT2D eigenvalue weighted by Gasteiger charge is 2.34. The third-order valence-corrected chi connectivity index (χ3v) is 9.77. The van der Waals surface area contributed by atoms with E-state index in [4.69, 9.17) is 4.74 Å². The average molecular weight is 524 g/mol. The highest BCUT2D eigenvalue weighted by Crippen LogP contribution is 2.31. The van der Waals surface area contributed by atoms with Gasteiger partial charge in [0.25, 0.3) is 0 Å². The van der Waals surface area contributed by atoms with E-state index in [9.17, 15) is 21.6 Å². The van der Waals surface area contributed by atoms with Gasteiger partial charge in [-0.05, 0) is 50.1 Å². The van der Waals surface area contributed by atoms with Crippen LogP contribution in [0.5, 0.6) is 5.75 Å². The third-order valence-electron chi connectivity index (χ3n) is 5.59. The van der Waals surface area contributed by atoms with Crippen molar-refractivity contribution in [2.45, 2.75) is 29.6 Å². The van der Waals surface area contributed by atoms with Gasteiger partial charge < -0.3 is 10.1 Å². The predicted molar refractivity (Wildman–Crippen MR) is 130 cm³/mol. The summed E-state index contributed by atoms with van der Waals surface area (Å²) < 4.78 is 58.0. The first-order valence-electron chi connectivity index (χ1n) is 10.7. The lowest BCUT2D eigenvalue weighted by Gasteiger charge is -2.30. The Kier molecular flexibility index (Phi) is 6.94. The van der Waals surface area contributed by atoms with Crippen LogP contribution in [0.3, 0.4) is 0 Å². The first-order chi connectivity index (χ1) is 16.1. The van der Waals surface area contributed by atoms with E-state index < -0.39 is 19.9 Å². The van der Waals surface area contributed by atoms with Crippen LogP contribution in [0.15, 0.2) is 52.3 Å². The van der Waals surface area contributed by atoms with Gasteiger partial charge in [-0.25, -0.2) is 21.8 Å². The van der Waals surface area contributed by atoms with Crippen LogP contribution in [0.4, 0.5) is 5.13 Å². The summed E-state index contributed by atoms with van der Waals surface area (Å²) in [6.45, 7) is 2.71. The van der Waals surface area contributed by atoms with Gasteiger partial charge in [-0.3, -0.25) is 4.79 Å². The van der Waals surface area contributed by atoms with Crippen LogP contribution in [-0.2, 0) is 24.7 Å². The molecule has 2 aromatic carbocycles. The van der Waals surface area contributed by atoms with E-state index in [1.807, 2.05) is 25.1 Å². The molecule has 182 valence electrons. The number of ether oxygens (including phenoxy) is 1. The molecule has 1 fully saturated rings. The van der Waals surface area contributed by atoms with E-state index in [2.05, 4.69) is 10.3 Å². The minimum absolute atomic E-state index is 0.121. The molecule has 0 unspecified atom stereocenters. The van der Waals surface area contributed by atoms with Crippen LogP contribution in [-0.4, -0.2) is 58.0 Å². The van der Waals surface area contributed by atoms with Crippen molar-refractivity contribution in [1.82, 2.24) is 9.29 Å². The summed E-state index contributed by atoms with van der Waals surface area (Å²) in [6.07, 6.45) is 1.63. The summed E-state index contributed by atoms with van der Waals surface area (Å²) in [7, 11) is -7.72. The number of carbonyl (C=O) groups is 1.